The lowest BCUT2D eigenvalue weighted by molar-refractivity contribution is -0.157. The van der Waals surface area contributed by atoms with Crippen LogP contribution in [0.1, 0.15) is 45.4 Å². The van der Waals surface area contributed by atoms with E-state index < -0.39 is 0 Å². The Morgan fingerprint density at radius 3 is 2.63 bits per heavy atom. The van der Waals surface area contributed by atoms with E-state index >= 15 is 0 Å². The molecule has 0 radical (unpaired) electrons. The van der Waals surface area contributed by atoms with Gasteiger partial charge in [0.15, 0.2) is 0 Å². The summed E-state index contributed by atoms with van der Waals surface area (Å²) in [7, 11) is 0. The summed E-state index contributed by atoms with van der Waals surface area (Å²) in [6, 6.07) is 0.822. The SMILES string of the molecule is CC1(COC(=O)C2CCN(C3CC3)CC2)CCCO1. The van der Waals surface area contributed by atoms with Gasteiger partial charge in [0.1, 0.15) is 6.61 Å². The van der Waals surface area contributed by atoms with Crippen LogP contribution in [0.5, 0.6) is 0 Å². The Morgan fingerprint density at radius 2 is 2.05 bits per heavy atom. The van der Waals surface area contributed by atoms with Crippen LogP contribution in [-0.4, -0.2) is 48.8 Å². The Morgan fingerprint density at radius 1 is 1.32 bits per heavy atom. The third-order valence-corrected chi connectivity index (χ3v) is 4.75. The molecule has 0 spiro atoms. The molecule has 1 saturated carbocycles. The third kappa shape index (κ3) is 3.29. The van der Waals surface area contributed by atoms with Gasteiger partial charge in [0.25, 0.3) is 0 Å². The average molecular weight is 267 g/mol. The Balaban J connectivity index is 1.40. The molecule has 0 amide bonds. The number of ether oxygens (including phenoxy) is 2. The highest BCUT2D eigenvalue weighted by molar-refractivity contribution is 5.72. The number of likely N-dealkylation sites (tertiary alicyclic amines) is 1. The molecule has 0 aromatic rings. The molecule has 2 saturated heterocycles. The van der Waals surface area contributed by atoms with Crippen molar-refractivity contribution in [2.75, 3.05) is 26.3 Å². The van der Waals surface area contributed by atoms with Gasteiger partial charge in [0, 0.05) is 12.6 Å². The zero-order valence-electron chi connectivity index (χ0n) is 11.9. The Hall–Kier alpha value is -0.610. The molecule has 0 aromatic carbocycles. The second kappa shape index (κ2) is 5.41. The van der Waals surface area contributed by atoms with Crippen LogP contribution in [0.15, 0.2) is 0 Å². The van der Waals surface area contributed by atoms with E-state index in [9.17, 15) is 4.79 Å². The van der Waals surface area contributed by atoms with Crippen molar-refractivity contribution in [1.82, 2.24) is 4.90 Å². The monoisotopic (exact) mass is 267 g/mol. The van der Waals surface area contributed by atoms with Gasteiger partial charge in [-0.25, -0.2) is 0 Å². The van der Waals surface area contributed by atoms with Crippen molar-refractivity contribution >= 4 is 5.97 Å². The van der Waals surface area contributed by atoms with Crippen LogP contribution in [0, 0.1) is 5.92 Å². The lowest BCUT2D eigenvalue weighted by Gasteiger charge is -2.31. The number of nitrogens with zero attached hydrogens (tertiary/aromatic N) is 1. The van der Waals surface area contributed by atoms with Crippen LogP contribution in [0.2, 0.25) is 0 Å². The molecule has 2 heterocycles. The highest BCUT2D eigenvalue weighted by atomic mass is 16.6. The Kier molecular flexibility index (Phi) is 3.81. The maximum absolute atomic E-state index is 12.1. The minimum atomic E-state index is -0.232. The summed E-state index contributed by atoms with van der Waals surface area (Å²) >= 11 is 0. The molecule has 3 aliphatic rings. The van der Waals surface area contributed by atoms with Crippen molar-refractivity contribution in [1.29, 1.82) is 0 Å². The number of piperidine rings is 1. The Bertz CT molecular complexity index is 326. The molecule has 1 unspecified atom stereocenters. The van der Waals surface area contributed by atoms with E-state index in [1.807, 2.05) is 6.92 Å². The first kappa shape index (κ1) is 13.4. The second-order valence-corrected chi connectivity index (χ2v) is 6.55. The zero-order valence-corrected chi connectivity index (χ0v) is 11.9. The van der Waals surface area contributed by atoms with Crippen LogP contribution >= 0.6 is 0 Å². The number of hydrogen-bond donors (Lipinski definition) is 0. The molecule has 108 valence electrons. The van der Waals surface area contributed by atoms with Gasteiger partial charge in [-0.2, -0.15) is 0 Å². The lowest BCUT2D eigenvalue weighted by Crippen LogP contribution is -2.39. The van der Waals surface area contributed by atoms with Crippen LogP contribution < -0.4 is 0 Å². The second-order valence-electron chi connectivity index (χ2n) is 6.55. The smallest absolute Gasteiger partial charge is 0.309 e. The van der Waals surface area contributed by atoms with E-state index in [0.717, 1.165) is 51.4 Å². The van der Waals surface area contributed by atoms with Crippen molar-refractivity contribution < 1.29 is 14.3 Å². The van der Waals surface area contributed by atoms with Crippen molar-refractivity contribution in [3.8, 4) is 0 Å². The summed E-state index contributed by atoms with van der Waals surface area (Å²) in [5.74, 6) is 0.104. The van der Waals surface area contributed by atoms with Gasteiger partial charge >= 0.3 is 5.97 Å². The molecule has 4 heteroatoms. The Labute approximate surface area is 115 Å². The minimum Gasteiger partial charge on any atom is -0.462 e. The first-order valence-electron chi connectivity index (χ1n) is 7.71. The lowest BCUT2D eigenvalue weighted by atomic mass is 9.96. The van der Waals surface area contributed by atoms with Crippen molar-refractivity contribution in [2.45, 2.75) is 57.1 Å². The predicted octanol–water partition coefficient (Wildman–Crippen LogP) is 1.97. The molecular formula is C15H25NO3. The molecule has 0 aromatic heterocycles. The summed E-state index contributed by atoms with van der Waals surface area (Å²) in [4.78, 5) is 14.6. The molecule has 0 bridgehead atoms. The van der Waals surface area contributed by atoms with E-state index in [0.29, 0.717) is 6.61 Å². The maximum Gasteiger partial charge on any atom is 0.309 e. The normalized spacial score (nSPS) is 33.5. The van der Waals surface area contributed by atoms with Crippen LogP contribution in [-0.2, 0) is 14.3 Å². The van der Waals surface area contributed by atoms with E-state index in [2.05, 4.69) is 4.90 Å². The number of carbonyl (C=O) groups is 1. The first-order valence-corrected chi connectivity index (χ1v) is 7.71. The standard InChI is InChI=1S/C15H25NO3/c1-15(7-2-10-19-15)11-18-14(17)12-5-8-16(9-6-12)13-3-4-13/h12-13H,2-11H2,1H3. The molecule has 1 aliphatic carbocycles. The summed E-state index contributed by atoms with van der Waals surface area (Å²) < 4.78 is 11.1. The van der Waals surface area contributed by atoms with E-state index in [-0.39, 0.29) is 17.5 Å². The van der Waals surface area contributed by atoms with Gasteiger partial charge in [-0.05, 0) is 58.5 Å². The molecular weight excluding hydrogens is 242 g/mol. The van der Waals surface area contributed by atoms with Gasteiger partial charge in [0.05, 0.1) is 11.5 Å². The molecule has 3 fully saturated rings. The fourth-order valence-electron chi connectivity index (χ4n) is 3.23. The fourth-order valence-corrected chi connectivity index (χ4v) is 3.23. The number of esters is 1. The number of rotatable bonds is 4. The van der Waals surface area contributed by atoms with Crippen LogP contribution in [0.3, 0.4) is 0 Å². The maximum atomic E-state index is 12.1. The predicted molar refractivity (Wildman–Crippen MR) is 71.9 cm³/mol. The van der Waals surface area contributed by atoms with Crippen LogP contribution in [0.25, 0.3) is 0 Å². The van der Waals surface area contributed by atoms with E-state index in [4.69, 9.17) is 9.47 Å². The molecule has 2 aliphatic heterocycles. The highest BCUT2D eigenvalue weighted by Crippen LogP contribution is 2.31. The van der Waals surface area contributed by atoms with Gasteiger partial charge in [-0.15, -0.1) is 0 Å². The topological polar surface area (TPSA) is 38.8 Å². The summed E-state index contributed by atoms with van der Waals surface area (Å²) in [6.07, 6.45) is 6.71. The van der Waals surface area contributed by atoms with Crippen molar-refractivity contribution in [2.24, 2.45) is 5.92 Å². The quantitative estimate of drug-likeness (QED) is 0.730. The van der Waals surface area contributed by atoms with Crippen molar-refractivity contribution in [3.63, 3.8) is 0 Å². The molecule has 3 rings (SSSR count). The molecule has 0 N–H and O–H groups in total. The van der Waals surface area contributed by atoms with Gasteiger partial charge in [-0.3, -0.25) is 4.79 Å². The number of carbonyl (C=O) groups excluding carboxylic acids is 1. The molecule has 4 nitrogen and oxygen atoms in total. The zero-order chi connectivity index (χ0) is 13.3. The van der Waals surface area contributed by atoms with E-state index in [1.165, 1.54) is 12.8 Å². The van der Waals surface area contributed by atoms with Gasteiger partial charge in [0.2, 0.25) is 0 Å². The van der Waals surface area contributed by atoms with Gasteiger partial charge < -0.3 is 14.4 Å². The van der Waals surface area contributed by atoms with Gasteiger partial charge in [-0.1, -0.05) is 0 Å². The minimum absolute atomic E-state index is 0.00725. The average Bonchev–Trinajstić information content (AvgIpc) is 3.19. The summed E-state index contributed by atoms with van der Waals surface area (Å²) in [5, 5.41) is 0. The third-order valence-electron chi connectivity index (χ3n) is 4.75. The summed E-state index contributed by atoms with van der Waals surface area (Å²) in [6.45, 7) is 5.40. The van der Waals surface area contributed by atoms with Crippen LogP contribution in [0.4, 0.5) is 0 Å². The molecule has 1 atom stereocenters. The first-order chi connectivity index (χ1) is 9.16. The summed E-state index contributed by atoms with van der Waals surface area (Å²) in [5.41, 5.74) is -0.232. The fraction of sp³-hybridized carbons (Fsp3) is 0.933. The largest absolute Gasteiger partial charge is 0.462 e. The van der Waals surface area contributed by atoms with Crippen molar-refractivity contribution in [3.05, 3.63) is 0 Å². The van der Waals surface area contributed by atoms with E-state index in [1.54, 1.807) is 0 Å². The molecule has 19 heavy (non-hydrogen) atoms. The highest BCUT2D eigenvalue weighted by Gasteiger charge is 2.36. The number of hydrogen-bond acceptors (Lipinski definition) is 4.